The SMILES string of the molecule is CC/C=C\C/C=C\C/C=C\C/C=C\C/C=C\CCCCCC(=O)OC[C@H](COC(=O)CCCCCCCCC/C=C\CCCCCCCC)OC(=O)CCCCCCCCCCC/C=C\CCCCCCCC. The van der Waals surface area contributed by atoms with E-state index in [4.69, 9.17) is 14.2 Å². The molecule has 0 spiro atoms. The Kier molecular flexibility index (Phi) is 58.3. The van der Waals surface area contributed by atoms with Crippen LogP contribution in [0.1, 0.15) is 303 Å². The molecule has 0 fully saturated rings. The molecule has 0 unspecified atom stereocenters. The van der Waals surface area contributed by atoms with Gasteiger partial charge < -0.3 is 14.2 Å². The number of hydrogen-bond donors (Lipinski definition) is 0. The van der Waals surface area contributed by atoms with Gasteiger partial charge in [0.1, 0.15) is 13.2 Å². The van der Waals surface area contributed by atoms with Crippen LogP contribution in [0.15, 0.2) is 85.1 Å². The number of unbranched alkanes of at least 4 members (excludes halogenated alkanes) is 31. The van der Waals surface area contributed by atoms with Gasteiger partial charge in [-0.2, -0.15) is 0 Å². The molecule has 73 heavy (non-hydrogen) atoms. The third-order valence-electron chi connectivity index (χ3n) is 13.4. The molecule has 0 aliphatic rings. The van der Waals surface area contributed by atoms with Gasteiger partial charge >= 0.3 is 17.9 Å². The first-order valence-electron chi connectivity index (χ1n) is 31.1. The first-order valence-corrected chi connectivity index (χ1v) is 31.1. The second kappa shape index (κ2) is 61.1. The summed E-state index contributed by atoms with van der Waals surface area (Å²) in [6.07, 6.45) is 80.0. The molecule has 6 nitrogen and oxygen atoms in total. The second-order valence-corrected chi connectivity index (χ2v) is 20.6. The van der Waals surface area contributed by atoms with E-state index in [1.54, 1.807) is 0 Å². The Labute approximate surface area is 452 Å². The minimum absolute atomic E-state index is 0.0893. The average Bonchev–Trinajstić information content (AvgIpc) is 3.39. The number of allylic oxidation sites excluding steroid dienone is 14. The maximum Gasteiger partial charge on any atom is 0.306 e. The second-order valence-electron chi connectivity index (χ2n) is 20.6. The Balaban J connectivity index is 4.44. The Morgan fingerprint density at radius 1 is 0.288 bits per heavy atom. The molecule has 0 radical (unpaired) electrons. The summed E-state index contributed by atoms with van der Waals surface area (Å²) in [7, 11) is 0. The smallest absolute Gasteiger partial charge is 0.306 e. The van der Waals surface area contributed by atoms with Gasteiger partial charge in [0.05, 0.1) is 0 Å². The van der Waals surface area contributed by atoms with E-state index >= 15 is 0 Å². The lowest BCUT2D eigenvalue weighted by Crippen LogP contribution is -2.30. The summed E-state index contributed by atoms with van der Waals surface area (Å²) in [6.45, 7) is 6.51. The summed E-state index contributed by atoms with van der Waals surface area (Å²) in [5, 5.41) is 0. The molecule has 0 aromatic carbocycles. The van der Waals surface area contributed by atoms with Gasteiger partial charge in [-0.05, 0) is 116 Å². The molecule has 0 aromatic heterocycles. The van der Waals surface area contributed by atoms with Crippen molar-refractivity contribution < 1.29 is 28.6 Å². The highest BCUT2D eigenvalue weighted by Gasteiger charge is 2.19. The molecule has 420 valence electrons. The Bertz CT molecular complexity index is 1400. The predicted octanol–water partition coefficient (Wildman–Crippen LogP) is 21.1. The van der Waals surface area contributed by atoms with Gasteiger partial charge in [-0.25, -0.2) is 0 Å². The standard InChI is InChI=1S/C67H116O6/c1-4-7-10-13-16-19-22-25-28-31-33-36-39-42-45-48-51-54-57-60-66(69)72-63-64(62-71-65(68)59-56-53-50-47-44-41-38-35-30-27-24-21-18-15-12-9-6-3)73-67(70)61-58-55-52-49-46-43-40-37-34-32-29-26-23-20-17-14-11-8-5-2/h7,10,16,19,25-30,33,36,42,45,64H,4-6,8-9,11-15,17-18,20-24,31-32,34-35,37-41,43-44,46-63H2,1-3H3/b10-7-,19-16-,28-25-,29-26-,30-27-,36-33-,45-42-/t64-/m0/s1. The Morgan fingerprint density at radius 3 is 0.863 bits per heavy atom. The van der Waals surface area contributed by atoms with Crippen LogP contribution in [-0.2, 0) is 28.6 Å². The van der Waals surface area contributed by atoms with Crippen molar-refractivity contribution in [2.45, 2.75) is 309 Å². The fourth-order valence-corrected chi connectivity index (χ4v) is 8.69. The van der Waals surface area contributed by atoms with E-state index in [1.807, 2.05) is 0 Å². The first-order chi connectivity index (χ1) is 36.0. The largest absolute Gasteiger partial charge is 0.462 e. The van der Waals surface area contributed by atoms with Crippen LogP contribution in [0, 0.1) is 0 Å². The van der Waals surface area contributed by atoms with Gasteiger partial charge in [-0.15, -0.1) is 0 Å². The Morgan fingerprint density at radius 2 is 0.534 bits per heavy atom. The van der Waals surface area contributed by atoms with Crippen LogP contribution in [0.3, 0.4) is 0 Å². The lowest BCUT2D eigenvalue weighted by molar-refractivity contribution is -0.167. The predicted molar refractivity (Wildman–Crippen MR) is 316 cm³/mol. The molecule has 0 amide bonds. The van der Waals surface area contributed by atoms with Gasteiger partial charge in [-0.3, -0.25) is 14.4 Å². The molecule has 0 saturated carbocycles. The van der Waals surface area contributed by atoms with Gasteiger partial charge in [0.15, 0.2) is 6.10 Å². The fourth-order valence-electron chi connectivity index (χ4n) is 8.69. The van der Waals surface area contributed by atoms with Crippen molar-refractivity contribution in [1.82, 2.24) is 0 Å². The van der Waals surface area contributed by atoms with E-state index in [0.717, 1.165) is 96.3 Å². The summed E-state index contributed by atoms with van der Waals surface area (Å²) in [5.74, 6) is -0.918. The summed E-state index contributed by atoms with van der Waals surface area (Å²) in [5.41, 5.74) is 0. The Hall–Kier alpha value is -3.41. The molecule has 0 aliphatic heterocycles. The van der Waals surface area contributed by atoms with Gasteiger partial charge in [-0.1, -0.05) is 254 Å². The minimum atomic E-state index is -0.795. The highest BCUT2D eigenvalue weighted by atomic mass is 16.6. The zero-order valence-corrected chi connectivity index (χ0v) is 48.1. The fraction of sp³-hybridized carbons (Fsp3) is 0.746. The molecule has 6 heteroatoms. The molecule has 0 saturated heterocycles. The number of carbonyl (C=O) groups excluding carboxylic acids is 3. The quantitative estimate of drug-likeness (QED) is 0.0261. The maximum atomic E-state index is 12.9. The van der Waals surface area contributed by atoms with E-state index < -0.39 is 6.10 Å². The van der Waals surface area contributed by atoms with E-state index in [1.165, 1.54) is 167 Å². The average molecular weight is 1020 g/mol. The third kappa shape index (κ3) is 59.3. The van der Waals surface area contributed by atoms with E-state index in [-0.39, 0.29) is 31.1 Å². The zero-order valence-electron chi connectivity index (χ0n) is 48.1. The maximum absolute atomic E-state index is 12.9. The monoisotopic (exact) mass is 1020 g/mol. The highest BCUT2D eigenvalue weighted by Crippen LogP contribution is 2.16. The van der Waals surface area contributed by atoms with Crippen molar-refractivity contribution >= 4 is 17.9 Å². The lowest BCUT2D eigenvalue weighted by Gasteiger charge is -2.18. The lowest BCUT2D eigenvalue weighted by atomic mass is 10.1. The van der Waals surface area contributed by atoms with Gasteiger partial charge in [0.25, 0.3) is 0 Å². The summed E-state index contributed by atoms with van der Waals surface area (Å²) in [6, 6.07) is 0. The van der Waals surface area contributed by atoms with Crippen LogP contribution < -0.4 is 0 Å². The number of esters is 3. The van der Waals surface area contributed by atoms with Crippen LogP contribution in [0.4, 0.5) is 0 Å². The topological polar surface area (TPSA) is 78.9 Å². The number of hydrogen-bond acceptors (Lipinski definition) is 6. The zero-order chi connectivity index (χ0) is 52.9. The van der Waals surface area contributed by atoms with Crippen LogP contribution in [0.5, 0.6) is 0 Å². The van der Waals surface area contributed by atoms with E-state index in [9.17, 15) is 14.4 Å². The molecule has 0 bridgehead atoms. The molecular formula is C67H116O6. The van der Waals surface area contributed by atoms with Crippen molar-refractivity contribution in [2.75, 3.05) is 13.2 Å². The summed E-state index contributed by atoms with van der Waals surface area (Å²) >= 11 is 0. The summed E-state index contributed by atoms with van der Waals surface area (Å²) in [4.78, 5) is 38.3. The molecule has 0 rings (SSSR count). The van der Waals surface area contributed by atoms with Crippen LogP contribution in [0.2, 0.25) is 0 Å². The van der Waals surface area contributed by atoms with Crippen molar-refractivity contribution in [3.8, 4) is 0 Å². The van der Waals surface area contributed by atoms with Crippen molar-refractivity contribution in [3.05, 3.63) is 85.1 Å². The number of rotatable bonds is 56. The van der Waals surface area contributed by atoms with E-state index in [0.29, 0.717) is 19.3 Å². The molecule has 0 aliphatic carbocycles. The normalized spacial score (nSPS) is 12.6. The van der Waals surface area contributed by atoms with E-state index in [2.05, 4.69) is 106 Å². The molecule has 0 aromatic rings. The van der Waals surface area contributed by atoms with Crippen molar-refractivity contribution in [1.29, 1.82) is 0 Å². The highest BCUT2D eigenvalue weighted by molar-refractivity contribution is 5.71. The number of carbonyl (C=O) groups is 3. The van der Waals surface area contributed by atoms with Crippen LogP contribution in [0.25, 0.3) is 0 Å². The molecule has 0 N–H and O–H groups in total. The molecule has 0 heterocycles. The van der Waals surface area contributed by atoms with Crippen LogP contribution >= 0.6 is 0 Å². The van der Waals surface area contributed by atoms with Crippen molar-refractivity contribution in [3.63, 3.8) is 0 Å². The first kappa shape index (κ1) is 69.6. The number of ether oxygens (including phenoxy) is 3. The van der Waals surface area contributed by atoms with Gasteiger partial charge in [0, 0.05) is 19.3 Å². The van der Waals surface area contributed by atoms with Crippen molar-refractivity contribution in [2.24, 2.45) is 0 Å². The van der Waals surface area contributed by atoms with Gasteiger partial charge in [0.2, 0.25) is 0 Å². The summed E-state index contributed by atoms with van der Waals surface area (Å²) < 4.78 is 16.9. The minimum Gasteiger partial charge on any atom is -0.462 e. The molecule has 1 atom stereocenters. The third-order valence-corrected chi connectivity index (χ3v) is 13.4. The molecular weight excluding hydrogens is 901 g/mol. The van der Waals surface area contributed by atoms with Crippen LogP contribution in [-0.4, -0.2) is 37.2 Å².